The van der Waals surface area contributed by atoms with Gasteiger partial charge < -0.3 is 14.8 Å². The van der Waals surface area contributed by atoms with Crippen LogP contribution in [0.1, 0.15) is 32.8 Å². The second kappa shape index (κ2) is 8.58. The first-order chi connectivity index (χ1) is 9.80. The second-order valence-electron chi connectivity index (χ2n) is 5.97. The number of aryl methyl sites for hydroxylation is 1. The molecule has 0 fully saturated rings. The molecular weight excluding hydrogens is 381 g/mol. The highest BCUT2D eigenvalue weighted by Crippen LogP contribution is 2.12. The molecule has 5 heteroatoms. The maximum Gasteiger partial charge on any atom is 0.407 e. The summed E-state index contributed by atoms with van der Waals surface area (Å²) in [4.78, 5) is 11.8. The van der Waals surface area contributed by atoms with E-state index in [1.807, 2.05) is 26.8 Å². The number of carbonyl (C=O) groups is 1. The van der Waals surface area contributed by atoms with Crippen LogP contribution in [0.3, 0.4) is 0 Å². The Morgan fingerprint density at radius 3 is 2.67 bits per heavy atom. The van der Waals surface area contributed by atoms with E-state index in [0.29, 0.717) is 6.61 Å². The predicted octanol–water partition coefficient (Wildman–Crippen LogP) is 3.76. The third kappa shape index (κ3) is 8.26. The number of nitrogens with one attached hydrogen (secondary N) is 1. The number of carbonyl (C=O) groups excluding carboxylic acids is 1. The lowest BCUT2D eigenvalue weighted by atomic mass is 10.1. The Morgan fingerprint density at radius 2 is 2.10 bits per heavy atom. The van der Waals surface area contributed by atoms with Gasteiger partial charge in [0.2, 0.25) is 0 Å². The van der Waals surface area contributed by atoms with E-state index in [1.54, 1.807) is 7.11 Å². The monoisotopic (exact) mass is 405 g/mol. The first kappa shape index (κ1) is 18.2. The summed E-state index contributed by atoms with van der Waals surface area (Å²) in [6.45, 7) is 6.03. The Labute approximate surface area is 140 Å². The number of alkyl carbamates (subject to hydrolysis) is 1. The number of methoxy groups -OCH3 is 1. The molecule has 1 amide bonds. The third-order valence-electron chi connectivity index (χ3n) is 2.76. The zero-order valence-corrected chi connectivity index (χ0v) is 15.3. The van der Waals surface area contributed by atoms with Gasteiger partial charge in [0.1, 0.15) is 5.60 Å². The van der Waals surface area contributed by atoms with Crippen molar-refractivity contribution in [1.29, 1.82) is 0 Å². The first-order valence-corrected chi connectivity index (χ1v) is 8.11. The lowest BCUT2D eigenvalue weighted by Crippen LogP contribution is -2.41. The minimum absolute atomic E-state index is 0.0530. The lowest BCUT2D eigenvalue weighted by molar-refractivity contribution is 0.0465. The molecule has 21 heavy (non-hydrogen) atoms. The summed E-state index contributed by atoms with van der Waals surface area (Å²) in [6, 6.07) is 8.30. The normalized spacial score (nSPS) is 12.8. The fraction of sp³-hybridized carbons (Fsp3) is 0.562. The minimum atomic E-state index is -0.489. The summed E-state index contributed by atoms with van der Waals surface area (Å²) in [6.07, 6.45) is 1.31. The number of halogens is 1. The van der Waals surface area contributed by atoms with E-state index >= 15 is 0 Å². The molecule has 1 atom stereocenters. The zero-order valence-electron chi connectivity index (χ0n) is 13.1. The lowest BCUT2D eigenvalue weighted by Gasteiger charge is -2.23. The summed E-state index contributed by atoms with van der Waals surface area (Å²) in [5, 5.41) is 2.87. The van der Waals surface area contributed by atoms with Crippen LogP contribution in [0, 0.1) is 3.57 Å². The second-order valence-corrected chi connectivity index (χ2v) is 7.21. The van der Waals surface area contributed by atoms with Gasteiger partial charge in [-0.05, 0) is 73.9 Å². The molecular formula is C16H24INO3. The highest BCUT2D eigenvalue weighted by atomic mass is 127. The van der Waals surface area contributed by atoms with Crippen LogP contribution < -0.4 is 5.32 Å². The summed E-state index contributed by atoms with van der Waals surface area (Å²) in [5.41, 5.74) is 0.769. The van der Waals surface area contributed by atoms with Gasteiger partial charge in [0.15, 0.2) is 0 Å². The van der Waals surface area contributed by atoms with E-state index in [9.17, 15) is 4.79 Å². The topological polar surface area (TPSA) is 47.6 Å². The Bertz CT molecular complexity index is 457. The van der Waals surface area contributed by atoms with E-state index < -0.39 is 11.7 Å². The zero-order chi connectivity index (χ0) is 15.9. The van der Waals surface area contributed by atoms with E-state index in [1.165, 1.54) is 9.13 Å². The summed E-state index contributed by atoms with van der Waals surface area (Å²) in [7, 11) is 1.63. The molecule has 0 saturated heterocycles. The van der Waals surface area contributed by atoms with Crippen molar-refractivity contribution >= 4 is 28.7 Å². The van der Waals surface area contributed by atoms with E-state index in [2.05, 4.69) is 46.1 Å². The van der Waals surface area contributed by atoms with Gasteiger partial charge in [0.05, 0.1) is 12.6 Å². The van der Waals surface area contributed by atoms with Crippen LogP contribution in [-0.2, 0) is 15.9 Å². The van der Waals surface area contributed by atoms with Crippen LogP contribution in [0.2, 0.25) is 0 Å². The first-order valence-electron chi connectivity index (χ1n) is 7.03. The van der Waals surface area contributed by atoms with Gasteiger partial charge in [-0.3, -0.25) is 0 Å². The quantitative estimate of drug-likeness (QED) is 0.734. The number of hydrogen-bond acceptors (Lipinski definition) is 3. The average molecular weight is 405 g/mol. The van der Waals surface area contributed by atoms with Crippen LogP contribution in [0.4, 0.5) is 4.79 Å². The Morgan fingerprint density at radius 1 is 1.38 bits per heavy atom. The molecule has 0 saturated carbocycles. The van der Waals surface area contributed by atoms with Gasteiger partial charge in [-0.25, -0.2) is 4.79 Å². The Hall–Kier alpha value is -0.820. The molecule has 1 aromatic rings. The van der Waals surface area contributed by atoms with Crippen molar-refractivity contribution in [3.8, 4) is 0 Å². The van der Waals surface area contributed by atoms with Crippen LogP contribution in [-0.4, -0.2) is 31.5 Å². The fourth-order valence-electron chi connectivity index (χ4n) is 1.91. The number of amides is 1. The van der Waals surface area contributed by atoms with Crippen molar-refractivity contribution in [2.45, 2.75) is 45.3 Å². The molecule has 4 nitrogen and oxygen atoms in total. The van der Waals surface area contributed by atoms with E-state index in [-0.39, 0.29) is 6.04 Å². The van der Waals surface area contributed by atoms with Crippen LogP contribution >= 0.6 is 22.6 Å². The van der Waals surface area contributed by atoms with Crippen molar-refractivity contribution < 1.29 is 14.3 Å². The third-order valence-corrected chi connectivity index (χ3v) is 3.43. The van der Waals surface area contributed by atoms with Crippen molar-refractivity contribution in [2.24, 2.45) is 0 Å². The minimum Gasteiger partial charge on any atom is -0.444 e. The molecule has 0 spiro atoms. The molecule has 118 valence electrons. The molecule has 0 aliphatic carbocycles. The SMILES string of the molecule is COCC(CCc1cccc(I)c1)NC(=O)OC(C)(C)C. The molecule has 1 aromatic carbocycles. The highest BCUT2D eigenvalue weighted by Gasteiger charge is 2.19. The van der Waals surface area contributed by atoms with Crippen LogP contribution in [0.5, 0.6) is 0 Å². The molecule has 1 rings (SSSR count). The van der Waals surface area contributed by atoms with Gasteiger partial charge in [-0.1, -0.05) is 12.1 Å². The maximum atomic E-state index is 11.8. The molecule has 0 bridgehead atoms. The smallest absolute Gasteiger partial charge is 0.407 e. The predicted molar refractivity (Wildman–Crippen MR) is 92.5 cm³/mol. The standard InChI is InChI=1S/C16H24INO3/c1-16(2,3)21-15(19)18-14(11-20-4)9-8-12-6-5-7-13(17)10-12/h5-7,10,14H,8-9,11H2,1-4H3,(H,18,19). The molecule has 0 aliphatic heterocycles. The number of ether oxygens (including phenoxy) is 2. The average Bonchev–Trinajstić information content (AvgIpc) is 2.34. The highest BCUT2D eigenvalue weighted by molar-refractivity contribution is 14.1. The van der Waals surface area contributed by atoms with Crippen molar-refractivity contribution in [3.05, 3.63) is 33.4 Å². The van der Waals surface area contributed by atoms with Gasteiger partial charge in [-0.15, -0.1) is 0 Å². The van der Waals surface area contributed by atoms with E-state index in [4.69, 9.17) is 9.47 Å². The Balaban J connectivity index is 2.51. The van der Waals surface area contributed by atoms with Crippen molar-refractivity contribution in [3.63, 3.8) is 0 Å². The molecule has 0 aliphatic rings. The van der Waals surface area contributed by atoms with Gasteiger partial charge in [-0.2, -0.15) is 0 Å². The Kier molecular flexibility index (Phi) is 7.45. The van der Waals surface area contributed by atoms with Gasteiger partial charge in [0.25, 0.3) is 0 Å². The van der Waals surface area contributed by atoms with Gasteiger partial charge in [0, 0.05) is 10.7 Å². The van der Waals surface area contributed by atoms with Gasteiger partial charge >= 0.3 is 6.09 Å². The number of rotatable bonds is 6. The molecule has 1 unspecified atom stereocenters. The van der Waals surface area contributed by atoms with Crippen LogP contribution in [0.25, 0.3) is 0 Å². The van der Waals surface area contributed by atoms with E-state index in [0.717, 1.165) is 12.8 Å². The number of benzene rings is 1. The summed E-state index contributed by atoms with van der Waals surface area (Å²) in [5.74, 6) is 0. The van der Waals surface area contributed by atoms with Crippen molar-refractivity contribution in [2.75, 3.05) is 13.7 Å². The molecule has 0 heterocycles. The summed E-state index contributed by atoms with van der Waals surface area (Å²) >= 11 is 2.30. The molecule has 0 aromatic heterocycles. The molecule has 1 N–H and O–H groups in total. The maximum absolute atomic E-state index is 11.8. The largest absolute Gasteiger partial charge is 0.444 e. The molecule has 0 radical (unpaired) electrons. The summed E-state index contributed by atoms with van der Waals surface area (Å²) < 4.78 is 11.7. The van der Waals surface area contributed by atoms with Crippen LogP contribution in [0.15, 0.2) is 24.3 Å². The number of hydrogen-bond donors (Lipinski definition) is 1. The van der Waals surface area contributed by atoms with Crippen molar-refractivity contribution in [1.82, 2.24) is 5.32 Å². The fourth-order valence-corrected chi connectivity index (χ4v) is 2.51.